The van der Waals surface area contributed by atoms with Crippen molar-refractivity contribution >= 4 is 22.1 Å². The summed E-state index contributed by atoms with van der Waals surface area (Å²) in [5.41, 5.74) is 0. The van der Waals surface area contributed by atoms with Crippen LogP contribution in [0.15, 0.2) is 0 Å². The standard InChI is InChI=1S/C22H42O11S.2K/c23-11-14-31-16-18-32-17-15-30-12-9-7-5-3-1-2-4-6-8-10-13-33-21(24)19-20(22(25)26)34(27,28)29;;/h20,23H,1-19H2,(H,25,26)(H,27,28,29);;/q;2*+1/p-2. The van der Waals surface area contributed by atoms with Crippen molar-refractivity contribution in [1.82, 2.24) is 0 Å². The summed E-state index contributed by atoms with van der Waals surface area (Å²) in [6.45, 7) is 3.24. The fraction of sp³-hybridized carbons (Fsp3) is 0.909. The van der Waals surface area contributed by atoms with Crippen molar-refractivity contribution in [2.75, 3.05) is 52.9 Å². The van der Waals surface area contributed by atoms with E-state index in [1.807, 2.05) is 0 Å². The van der Waals surface area contributed by atoms with Crippen LogP contribution in [0.5, 0.6) is 0 Å². The Morgan fingerprint density at radius 2 is 1.06 bits per heavy atom. The second-order valence-electron chi connectivity index (χ2n) is 7.82. The number of aliphatic hydroxyl groups excluding tert-OH is 1. The molecule has 0 saturated heterocycles. The topological polar surface area (TPSA) is 172 Å². The minimum absolute atomic E-state index is 0. The Bertz CT molecular complexity index is 621. The third kappa shape index (κ3) is 29.0. The molecule has 0 bridgehead atoms. The number of esters is 1. The van der Waals surface area contributed by atoms with Gasteiger partial charge in [-0.2, -0.15) is 0 Å². The molecule has 1 N–H and O–H groups in total. The predicted octanol–water partition coefficient (Wildman–Crippen LogP) is -5.47. The minimum atomic E-state index is -5.16. The van der Waals surface area contributed by atoms with Crippen molar-refractivity contribution in [1.29, 1.82) is 0 Å². The molecular formula is C22H40K2O11S. The van der Waals surface area contributed by atoms with Crippen LogP contribution < -0.4 is 108 Å². The van der Waals surface area contributed by atoms with Gasteiger partial charge in [-0.25, -0.2) is 8.42 Å². The van der Waals surface area contributed by atoms with Crippen LogP contribution in [0.25, 0.3) is 0 Å². The molecule has 0 aliphatic carbocycles. The molecule has 1 unspecified atom stereocenters. The monoisotopic (exact) mass is 590 g/mol. The number of hydrogen-bond acceptors (Lipinski definition) is 11. The van der Waals surface area contributed by atoms with E-state index in [1.54, 1.807) is 0 Å². The van der Waals surface area contributed by atoms with Crippen molar-refractivity contribution in [3.63, 3.8) is 0 Å². The molecule has 0 aliphatic heterocycles. The third-order valence-corrected chi connectivity index (χ3v) is 5.95. The number of hydrogen-bond donors (Lipinski definition) is 1. The van der Waals surface area contributed by atoms with E-state index in [1.165, 1.54) is 12.8 Å². The molecule has 0 radical (unpaired) electrons. The first-order valence-corrected chi connectivity index (χ1v) is 13.4. The van der Waals surface area contributed by atoms with E-state index in [2.05, 4.69) is 0 Å². The number of carbonyl (C=O) groups excluding carboxylic acids is 2. The zero-order valence-corrected chi connectivity index (χ0v) is 29.0. The van der Waals surface area contributed by atoms with Crippen LogP contribution in [0.1, 0.15) is 70.6 Å². The van der Waals surface area contributed by atoms with Gasteiger partial charge in [0.1, 0.15) is 10.1 Å². The Morgan fingerprint density at radius 3 is 1.47 bits per heavy atom. The number of carboxylic acids is 1. The fourth-order valence-electron chi connectivity index (χ4n) is 3.03. The average Bonchev–Trinajstić information content (AvgIpc) is 2.77. The quantitative estimate of drug-likeness (QED) is 0.0465. The maximum absolute atomic E-state index is 11.5. The van der Waals surface area contributed by atoms with E-state index in [0.29, 0.717) is 39.5 Å². The summed E-state index contributed by atoms with van der Waals surface area (Å²) in [7, 11) is -5.16. The summed E-state index contributed by atoms with van der Waals surface area (Å²) >= 11 is 0. The number of carboxylic acid groups (broad SMARTS) is 1. The Labute approximate surface area is 300 Å². The summed E-state index contributed by atoms with van der Waals surface area (Å²) in [6.07, 6.45) is 9.26. The van der Waals surface area contributed by atoms with Gasteiger partial charge in [-0.1, -0.05) is 51.4 Å². The molecule has 0 aromatic rings. The predicted molar refractivity (Wildman–Crippen MR) is 120 cm³/mol. The largest absolute Gasteiger partial charge is 1.00 e. The third-order valence-electron chi connectivity index (χ3n) is 4.89. The summed E-state index contributed by atoms with van der Waals surface area (Å²) in [5.74, 6) is -3.13. The van der Waals surface area contributed by atoms with Gasteiger partial charge in [0.05, 0.1) is 63.9 Å². The van der Waals surface area contributed by atoms with Crippen LogP contribution in [0.4, 0.5) is 0 Å². The Kier molecular flexibility index (Phi) is 35.3. The molecule has 14 heteroatoms. The van der Waals surface area contributed by atoms with Crippen LogP contribution in [0.2, 0.25) is 0 Å². The van der Waals surface area contributed by atoms with Gasteiger partial charge < -0.3 is 38.5 Å². The summed E-state index contributed by atoms with van der Waals surface area (Å²) in [4.78, 5) is 22.1. The number of rotatable bonds is 25. The van der Waals surface area contributed by atoms with Crippen LogP contribution in [-0.4, -0.2) is 88.1 Å². The molecule has 1 atom stereocenters. The molecule has 0 aromatic heterocycles. The molecule has 202 valence electrons. The van der Waals surface area contributed by atoms with Gasteiger partial charge in [0.15, 0.2) is 0 Å². The van der Waals surface area contributed by atoms with Crippen LogP contribution in [-0.2, 0) is 38.7 Å². The second-order valence-corrected chi connectivity index (χ2v) is 9.38. The van der Waals surface area contributed by atoms with Crippen molar-refractivity contribution < 1.29 is 154 Å². The van der Waals surface area contributed by atoms with Crippen molar-refractivity contribution in [2.45, 2.75) is 75.9 Å². The van der Waals surface area contributed by atoms with E-state index in [-0.39, 0.29) is 116 Å². The fourth-order valence-corrected chi connectivity index (χ4v) is 3.60. The number of ether oxygens (including phenoxy) is 4. The first-order valence-electron chi connectivity index (χ1n) is 11.9. The van der Waals surface area contributed by atoms with Crippen LogP contribution >= 0.6 is 0 Å². The van der Waals surface area contributed by atoms with Crippen molar-refractivity contribution in [3.8, 4) is 0 Å². The molecule has 0 amide bonds. The van der Waals surface area contributed by atoms with Crippen LogP contribution in [0, 0.1) is 0 Å². The zero-order valence-electron chi connectivity index (χ0n) is 22.0. The van der Waals surface area contributed by atoms with Gasteiger partial charge in [-0.05, 0) is 12.8 Å². The first kappa shape index (κ1) is 42.4. The van der Waals surface area contributed by atoms with Gasteiger partial charge in [-0.15, -0.1) is 0 Å². The van der Waals surface area contributed by atoms with Gasteiger partial charge >= 0.3 is 109 Å². The molecule has 0 heterocycles. The van der Waals surface area contributed by atoms with E-state index < -0.39 is 33.7 Å². The summed E-state index contributed by atoms with van der Waals surface area (Å²) < 4.78 is 53.0. The second kappa shape index (κ2) is 29.9. The normalized spacial score (nSPS) is 11.8. The zero-order chi connectivity index (χ0) is 25.5. The van der Waals surface area contributed by atoms with Crippen molar-refractivity contribution in [3.05, 3.63) is 0 Å². The maximum Gasteiger partial charge on any atom is 1.00 e. The van der Waals surface area contributed by atoms with E-state index >= 15 is 0 Å². The van der Waals surface area contributed by atoms with Gasteiger partial charge in [-0.3, -0.25) is 4.79 Å². The van der Waals surface area contributed by atoms with Gasteiger partial charge in [0.2, 0.25) is 0 Å². The van der Waals surface area contributed by atoms with Crippen molar-refractivity contribution in [2.24, 2.45) is 0 Å². The van der Waals surface area contributed by atoms with Gasteiger partial charge in [0.25, 0.3) is 0 Å². The number of aliphatic hydroxyl groups is 1. The molecule has 11 nitrogen and oxygen atoms in total. The molecule has 0 aromatic carbocycles. The maximum atomic E-state index is 11.5. The molecule has 0 spiro atoms. The molecule has 0 rings (SSSR count). The molecule has 0 saturated carbocycles. The van der Waals surface area contributed by atoms with E-state index in [9.17, 15) is 27.7 Å². The average molecular weight is 591 g/mol. The Morgan fingerprint density at radius 1 is 0.667 bits per heavy atom. The van der Waals surface area contributed by atoms with E-state index in [0.717, 1.165) is 51.6 Å². The number of carbonyl (C=O) groups is 2. The molecule has 0 aliphatic rings. The summed E-state index contributed by atoms with van der Waals surface area (Å²) in [6, 6.07) is 0. The minimum Gasteiger partial charge on any atom is -0.747 e. The van der Waals surface area contributed by atoms with E-state index in [4.69, 9.17) is 24.1 Å². The number of aliphatic carboxylic acids is 1. The first-order chi connectivity index (χ1) is 16.3. The van der Waals surface area contributed by atoms with Crippen LogP contribution in [0.3, 0.4) is 0 Å². The van der Waals surface area contributed by atoms with Gasteiger partial charge in [0, 0.05) is 6.61 Å². The summed E-state index contributed by atoms with van der Waals surface area (Å²) in [5, 5.41) is 16.8. The molecular weight excluding hydrogens is 550 g/mol. The smallest absolute Gasteiger partial charge is 0.747 e. The molecule has 0 fully saturated rings. The molecule has 36 heavy (non-hydrogen) atoms. The SMILES string of the molecule is O=C(CC(C(=O)[O-])S(=O)(=O)[O-])OCCCCCCCCCCCCOCCOCCOCCO.[K+].[K+]. The Balaban J connectivity index is -0.00000544. The Hall–Kier alpha value is 1.96. The number of unbranched alkanes of at least 4 members (excludes halogenated alkanes) is 9.